The van der Waals surface area contributed by atoms with Gasteiger partial charge in [-0.1, -0.05) is 6.07 Å². The van der Waals surface area contributed by atoms with Crippen LogP contribution in [-0.4, -0.2) is 29.8 Å². The number of ether oxygens (including phenoxy) is 2. The Hall–Kier alpha value is -3.42. The van der Waals surface area contributed by atoms with E-state index in [1.54, 1.807) is 36.7 Å². The lowest BCUT2D eigenvalue weighted by Crippen LogP contribution is -2.29. The van der Waals surface area contributed by atoms with Crippen LogP contribution in [0.3, 0.4) is 0 Å². The summed E-state index contributed by atoms with van der Waals surface area (Å²) in [7, 11) is 0. The van der Waals surface area contributed by atoms with Crippen molar-refractivity contribution in [2.75, 3.05) is 6.79 Å². The normalized spacial score (nSPS) is 12.2. The number of hydrogen-bond donors (Lipinski definition) is 2. The molecule has 128 valence electrons. The van der Waals surface area contributed by atoms with Gasteiger partial charge in [0.15, 0.2) is 11.5 Å². The molecule has 3 rings (SSSR count). The van der Waals surface area contributed by atoms with Crippen molar-refractivity contribution in [3.8, 4) is 11.5 Å². The fourth-order valence-electron chi connectivity index (χ4n) is 2.12. The zero-order valence-electron chi connectivity index (χ0n) is 13.3. The number of hydrazone groups is 1. The highest BCUT2D eigenvalue weighted by molar-refractivity contribution is 5.97. The van der Waals surface area contributed by atoms with Crippen LogP contribution in [0.1, 0.15) is 17.5 Å². The van der Waals surface area contributed by atoms with Crippen molar-refractivity contribution in [3.63, 3.8) is 0 Å². The lowest BCUT2D eigenvalue weighted by atomic mass is 10.2. The Kier molecular flexibility index (Phi) is 5.20. The average Bonchev–Trinajstić information content (AvgIpc) is 3.08. The van der Waals surface area contributed by atoms with Gasteiger partial charge in [0.1, 0.15) is 6.42 Å². The third-order valence-corrected chi connectivity index (χ3v) is 3.33. The summed E-state index contributed by atoms with van der Waals surface area (Å²) >= 11 is 0. The number of hydrogen-bond acceptors (Lipinski definition) is 6. The molecule has 1 aromatic heterocycles. The second-order valence-electron chi connectivity index (χ2n) is 5.22. The van der Waals surface area contributed by atoms with Crippen LogP contribution in [0, 0.1) is 0 Å². The summed E-state index contributed by atoms with van der Waals surface area (Å²) in [5.41, 5.74) is 3.91. The van der Waals surface area contributed by atoms with Gasteiger partial charge in [-0.3, -0.25) is 14.6 Å². The van der Waals surface area contributed by atoms with Crippen LogP contribution in [0.5, 0.6) is 11.5 Å². The summed E-state index contributed by atoms with van der Waals surface area (Å²) in [6.45, 7) is 0.515. The van der Waals surface area contributed by atoms with Crippen LogP contribution < -0.4 is 20.2 Å². The molecule has 2 heterocycles. The van der Waals surface area contributed by atoms with Crippen LogP contribution >= 0.6 is 0 Å². The molecular formula is C17H16N4O4. The second kappa shape index (κ2) is 7.91. The van der Waals surface area contributed by atoms with Crippen molar-refractivity contribution in [2.45, 2.75) is 13.0 Å². The molecule has 0 unspecified atom stereocenters. The molecule has 0 radical (unpaired) electrons. The Morgan fingerprint density at radius 3 is 2.92 bits per heavy atom. The summed E-state index contributed by atoms with van der Waals surface area (Å²) in [6.07, 6.45) is 4.46. The Bertz CT molecular complexity index is 792. The number of amides is 2. The molecule has 0 atom stereocenters. The zero-order chi connectivity index (χ0) is 17.5. The Morgan fingerprint density at radius 1 is 1.20 bits per heavy atom. The molecule has 0 aliphatic carbocycles. The van der Waals surface area contributed by atoms with Crippen molar-refractivity contribution in [3.05, 3.63) is 53.9 Å². The van der Waals surface area contributed by atoms with Gasteiger partial charge in [-0.25, -0.2) is 5.43 Å². The van der Waals surface area contributed by atoms with Crippen LogP contribution in [0.2, 0.25) is 0 Å². The van der Waals surface area contributed by atoms with Crippen molar-refractivity contribution in [2.24, 2.45) is 5.10 Å². The maximum atomic E-state index is 11.7. The minimum absolute atomic E-state index is 0.195. The van der Waals surface area contributed by atoms with Gasteiger partial charge in [-0.2, -0.15) is 5.10 Å². The van der Waals surface area contributed by atoms with Crippen molar-refractivity contribution in [1.29, 1.82) is 0 Å². The van der Waals surface area contributed by atoms with Gasteiger partial charge in [0.05, 0.1) is 6.21 Å². The highest BCUT2D eigenvalue weighted by Gasteiger charge is 2.12. The summed E-state index contributed by atoms with van der Waals surface area (Å²) in [5, 5.41) is 6.47. The van der Waals surface area contributed by atoms with E-state index in [0.717, 1.165) is 11.1 Å². The van der Waals surface area contributed by atoms with Gasteiger partial charge in [-0.15, -0.1) is 0 Å². The van der Waals surface area contributed by atoms with Gasteiger partial charge in [0, 0.05) is 18.9 Å². The number of carbonyl (C=O) groups excluding carboxylic acids is 2. The SMILES string of the molecule is O=C(CC(=O)N/N=C/c1ccc2c(c1)OCO2)NCc1cccnc1. The lowest BCUT2D eigenvalue weighted by molar-refractivity contribution is -0.129. The first-order valence-electron chi connectivity index (χ1n) is 7.58. The maximum absolute atomic E-state index is 11.7. The van der Waals surface area contributed by atoms with Gasteiger partial charge < -0.3 is 14.8 Å². The lowest BCUT2D eigenvalue weighted by Gasteiger charge is -2.04. The van der Waals surface area contributed by atoms with E-state index in [0.29, 0.717) is 18.0 Å². The van der Waals surface area contributed by atoms with Crippen molar-refractivity contribution in [1.82, 2.24) is 15.7 Å². The molecule has 0 fully saturated rings. The van der Waals surface area contributed by atoms with Gasteiger partial charge in [0.25, 0.3) is 0 Å². The van der Waals surface area contributed by atoms with Gasteiger partial charge in [0.2, 0.25) is 18.6 Å². The summed E-state index contributed by atoms with van der Waals surface area (Å²) in [5.74, 6) is 0.414. The topological polar surface area (TPSA) is 102 Å². The molecule has 8 nitrogen and oxygen atoms in total. The molecule has 2 aromatic rings. The predicted molar refractivity (Wildman–Crippen MR) is 89.0 cm³/mol. The summed E-state index contributed by atoms with van der Waals surface area (Å²) in [6, 6.07) is 8.90. The molecular weight excluding hydrogens is 324 g/mol. The number of carbonyl (C=O) groups is 2. The fourth-order valence-corrected chi connectivity index (χ4v) is 2.12. The number of rotatable bonds is 6. The first kappa shape index (κ1) is 16.4. The molecule has 1 aliphatic rings. The molecule has 2 amide bonds. The quantitative estimate of drug-likeness (QED) is 0.463. The first-order valence-corrected chi connectivity index (χ1v) is 7.58. The number of nitrogens with one attached hydrogen (secondary N) is 2. The molecule has 1 aromatic carbocycles. The van der Waals surface area contributed by atoms with Crippen LogP contribution in [-0.2, 0) is 16.1 Å². The predicted octanol–water partition coefficient (Wildman–Crippen LogP) is 0.967. The molecule has 25 heavy (non-hydrogen) atoms. The summed E-state index contributed by atoms with van der Waals surface area (Å²) < 4.78 is 10.5. The highest BCUT2D eigenvalue weighted by Crippen LogP contribution is 2.31. The first-order chi connectivity index (χ1) is 12.2. The Balaban J connectivity index is 1.42. The van der Waals surface area contributed by atoms with Gasteiger partial charge >= 0.3 is 0 Å². The van der Waals surface area contributed by atoms with E-state index in [-0.39, 0.29) is 19.1 Å². The number of nitrogens with zero attached hydrogens (tertiary/aromatic N) is 2. The van der Waals surface area contributed by atoms with Crippen LogP contribution in [0.4, 0.5) is 0 Å². The van der Waals surface area contributed by atoms with E-state index in [1.807, 2.05) is 6.07 Å². The average molecular weight is 340 g/mol. The Labute approximate surface area is 143 Å². The number of benzene rings is 1. The molecule has 2 N–H and O–H groups in total. The van der Waals surface area contributed by atoms with E-state index in [1.165, 1.54) is 6.21 Å². The molecule has 0 spiro atoms. The minimum atomic E-state index is -0.499. The van der Waals surface area contributed by atoms with E-state index in [9.17, 15) is 9.59 Å². The number of pyridine rings is 1. The van der Waals surface area contributed by atoms with Crippen LogP contribution in [0.25, 0.3) is 0 Å². The largest absolute Gasteiger partial charge is 0.454 e. The van der Waals surface area contributed by atoms with E-state index in [4.69, 9.17) is 9.47 Å². The molecule has 8 heteroatoms. The standard InChI is InChI=1S/C17H16N4O4/c22-16(19-9-13-2-1-5-18-8-13)7-17(23)21-20-10-12-3-4-14-15(6-12)25-11-24-14/h1-6,8,10H,7,9,11H2,(H,19,22)(H,21,23)/b20-10+. The smallest absolute Gasteiger partial charge is 0.249 e. The number of fused-ring (bicyclic) bond motifs is 1. The molecule has 0 saturated carbocycles. The van der Waals surface area contributed by atoms with Crippen LogP contribution in [0.15, 0.2) is 47.8 Å². The number of aromatic nitrogens is 1. The monoisotopic (exact) mass is 340 g/mol. The second-order valence-corrected chi connectivity index (χ2v) is 5.22. The zero-order valence-corrected chi connectivity index (χ0v) is 13.3. The van der Waals surface area contributed by atoms with E-state index < -0.39 is 5.91 Å². The van der Waals surface area contributed by atoms with E-state index >= 15 is 0 Å². The van der Waals surface area contributed by atoms with Crippen molar-refractivity contribution < 1.29 is 19.1 Å². The fraction of sp³-hybridized carbons (Fsp3) is 0.176. The summed E-state index contributed by atoms with van der Waals surface area (Å²) in [4.78, 5) is 27.4. The van der Waals surface area contributed by atoms with Gasteiger partial charge in [-0.05, 0) is 35.4 Å². The molecule has 1 aliphatic heterocycles. The third kappa shape index (κ3) is 4.77. The van der Waals surface area contributed by atoms with Crippen molar-refractivity contribution >= 4 is 18.0 Å². The molecule has 0 saturated heterocycles. The minimum Gasteiger partial charge on any atom is -0.454 e. The Morgan fingerprint density at radius 2 is 2.08 bits per heavy atom. The maximum Gasteiger partial charge on any atom is 0.249 e. The third-order valence-electron chi connectivity index (χ3n) is 3.33. The molecule has 0 bridgehead atoms. The van der Waals surface area contributed by atoms with E-state index in [2.05, 4.69) is 20.8 Å². The highest BCUT2D eigenvalue weighted by atomic mass is 16.7.